The number of nitrogens with zero attached hydrogens (tertiary/aromatic N) is 2. The molecular weight excluding hydrogens is 364 g/mol. The largest absolute Gasteiger partial charge is 0.350 e. The van der Waals surface area contributed by atoms with Gasteiger partial charge in [0.2, 0.25) is 5.82 Å². The average Bonchev–Trinajstić information content (AvgIpc) is 3.40. The third-order valence-corrected chi connectivity index (χ3v) is 4.74. The highest BCUT2D eigenvalue weighted by molar-refractivity contribution is 6.30. The highest BCUT2D eigenvalue weighted by Crippen LogP contribution is 2.20. The Morgan fingerprint density at radius 2 is 1.89 bits per heavy atom. The standard InChI is InChI=1S/C20H19ClN4O2/c21-14-6-4-13(5-7-14)10-11-22-19(26)17-16-3-1-2-12-25(16)18(24-17)20(27)23-15-8-9-15/h1-7,12,15H,8-11H2,(H,22,26)(H,23,27). The highest BCUT2D eigenvalue weighted by Gasteiger charge is 2.27. The first-order valence-corrected chi connectivity index (χ1v) is 9.30. The third-order valence-electron chi connectivity index (χ3n) is 4.49. The number of benzene rings is 1. The zero-order valence-corrected chi connectivity index (χ0v) is 15.4. The molecule has 27 heavy (non-hydrogen) atoms. The van der Waals surface area contributed by atoms with E-state index >= 15 is 0 Å². The molecule has 7 heteroatoms. The molecule has 0 atom stereocenters. The minimum Gasteiger partial charge on any atom is -0.350 e. The Morgan fingerprint density at radius 1 is 1.11 bits per heavy atom. The van der Waals surface area contributed by atoms with E-state index in [-0.39, 0.29) is 29.4 Å². The van der Waals surface area contributed by atoms with Crippen molar-refractivity contribution in [2.75, 3.05) is 6.54 Å². The second kappa shape index (κ2) is 7.40. The minimum atomic E-state index is -0.293. The molecule has 0 unspecified atom stereocenters. The SMILES string of the molecule is O=C(NCCc1ccc(Cl)cc1)c1nc(C(=O)NC2CC2)n2ccccc12. The van der Waals surface area contributed by atoms with Gasteiger partial charge in [-0.3, -0.25) is 14.0 Å². The number of hydrogen-bond acceptors (Lipinski definition) is 3. The van der Waals surface area contributed by atoms with Crippen LogP contribution in [0.15, 0.2) is 48.7 Å². The number of carbonyl (C=O) groups excluding carboxylic acids is 2. The maximum absolute atomic E-state index is 12.6. The lowest BCUT2D eigenvalue weighted by atomic mass is 10.1. The number of fused-ring (bicyclic) bond motifs is 1. The molecule has 0 aliphatic heterocycles. The van der Waals surface area contributed by atoms with Gasteiger partial charge in [-0.1, -0.05) is 29.8 Å². The van der Waals surface area contributed by atoms with Gasteiger partial charge in [-0.2, -0.15) is 0 Å². The van der Waals surface area contributed by atoms with Gasteiger partial charge in [-0.15, -0.1) is 0 Å². The van der Waals surface area contributed by atoms with Crippen molar-refractivity contribution in [3.05, 3.63) is 70.8 Å². The van der Waals surface area contributed by atoms with Crippen LogP contribution in [0.2, 0.25) is 5.02 Å². The Morgan fingerprint density at radius 3 is 2.63 bits per heavy atom. The van der Waals surface area contributed by atoms with Crippen molar-refractivity contribution >= 4 is 28.9 Å². The first-order valence-electron chi connectivity index (χ1n) is 8.92. The first-order chi connectivity index (χ1) is 13.1. The normalized spacial score (nSPS) is 13.5. The number of nitrogens with one attached hydrogen (secondary N) is 2. The summed E-state index contributed by atoms with van der Waals surface area (Å²) in [5.41, 5.74) is 1.95. The smallest absolute Gasteiger partial charge is 0.287 e. The van der Waals surface area contributed by atoms with Crippen molar-refractivity contribution in [2.45, 2.75) is 25.3 Å². The molecule has 3 aromatic rings. The first kappa shape index (κ1) is 17.5. The van der Waals surface area contributed by atoms with Crippen LogP contribution in [0, 0.1) is 0 Å². The average molecular weight is 383 g/mol. The van der Waals surface area contributed by atoms with Crippen LogP contribution >= 0.6 is 11.6 Å². The molecule has 138 valence electrons. The van der Waals surface area contributed by atoms with Crippen LogP contribution in [-0.4, -0.2) is 33.8 Å². The van der Waals surface area contributed by atoms with Gasteiger partial charge < -0.3 is 10.6 Å². The molecule has 1 saturated carbocycles. The fraction of sp³-hybridized carbons (Fsp3) is 0.250. The van der Waals surface area contributed by atoms with Crippen LogP contribution in [0.1, 0.15) is 39.5 Å². The number of imidazole rings is 1. The summed E-state index contributed by atoms with van der Waals surface area (Å²) >= 11 is 5.88. The van der Waals surface area contributed by atoms with Gasteiger partial charge in [0.1, 0.15) is 0 Å². The molecule has 1 aliphatic carbocycles. The maximum Gasteiger partial charge on any atom is 0.287 e. The number of aromatic nitrogens is 2. The number of amides is 2. The lowest BCUT2D eigenvalue weighted by Gasteiger charge is -2.04. The fourth-order valence-corrected chi connectivity index (χ4v) is 3.02. The molecule has 0 radical (unpaired) electrons. The summed E-state index contributed by atoms with van der Waals surface area (Å²) in [6.07, 6.45) is 4.42. The molecule has 2 aromatic heterocycles. The molecule has 6 nitrogen and oxygen atoms in total. The number of carbonyl (C=O) groups is 2. The molecule has 0 saturated heterocycles. The summed E-state index contributed by atoms with van der Waals surface area (Å²) in [7, 11) is 0. The van der Waals surface area contributed by atoms with Crippen molar-refractivity contribution in [2.24, 2.45) is 0 Å². The van der Waals surface area contributed by atoms with E-state index in [9.17, 15) is 9.59 Å². The van der Waals surface area contributed by atoms with E-state index in [0.29, 0.717) is 23.5 Å². The predicted molar refractivity (Wildman–Crippen MR) is 103 cm³/mol. The maximum atomic E-state index is 12.6. The highest BCUT2D eigenvalue weighted by atomic mass is 35.5. The number of rotatable bonds is 6. The lowest BCUT2D eigenvalue weighted by Crippen LogP contribution is -2.28. The molecule has 0 bridgehead atoms. The van der Waals surface area contributed by atoms with E-state index in [2.05, 4.69) is 15.6 Å². The second-order valence-electron chi connectivity index (χ2n) is 6.62. The van der Waals surface area contributed by atoms with E-state index in [1.807, 2.05) is 36.4 Å². The monoisotopic (exact) mass is 382 g/mol. The van der Waals surface area contributed by atoms with Gasteiger partial charge in [0.15, 0.2) is 5.69 Å². The summed E-state index contributed by atoms with van der Waals surface area (Å²) in [5, 5.41) is 6.48. The zero-order chi connectivity index (χ0) is 18.8. The fourth-order valence-electron chi connectivity index (χ4n) is 2.90. The predicted octanol–water partition coefficient (Wildman–Crippen LogP) is 2.85. The summed E-state index contributed by atoms with van der Waals surface area (Å²) in [5.74, 6) is -0.308. The summed E-state index contributed by atoms with van der Waals surface area (Å²) in [4.78, 5) is 29.4. The topological polar surface area (TPSA) is 75.5 Å². The summed E-state index contributed by atoms with van der Waals surface area (Å²) in [6.45, 7) is 0.468. The van der Waals surface area contributed by atoms with Crippen molar-refractivity contribution in [3.8, 4) is 0 Å². The van der Waals surface area contributed by atoms with Gasteiger partial charge in [0.25, 0.3) is 11.8 Å². The van der Waals surface area contributed by atoms with Crippen LogP contribution in [-0.2, 0) is 6.42 Å². The molecule has 1 fully saturated rings. The van der Waals surface area contributed by atoms with E-state index < -0.39 is 0 Å². The second-order valence-corrected chi connectivity index (χ2v) is 7.06. The van der Waals surface area contributed by atoms with Crippen LogP contribution in [0.4, 0.5) is 0 Å². The Bertz CT molecular complexity index is 993. The molecule has 1 aliphatic rings. The number of halogens is 1. The van der Waals surface area contributed by atoms with Crippen LogP contribution in [0.5, 0.6) is 0 Å². The minimum absolute atomic E-state index is 0.227. The quantitative estimate of drug-likeness (QED) is 0.688. The van der Waals surface area contributed by atoms with E-state index in [4.69, 9.17) is 11.6 Å². The van der Waals surface area contributed by atoms with Crippen LogP contribution in [0.25, 0.3) is 5.52 Å². The van der Waals surface area contributed by atoms with E-state index in [1.165, 1.54) is 0 Å². The number of pyridine rings is 1. The summed E-state index contributed by atoms with van der Waals surface area (Å²) in [6, 6.07) is 13.2. The van der Waals surface area contributed by atoms with E-state index in [0.717, 1.165) is 18.4 Å². The molecule has 2 heterocycles. The molecule has 0 spiro atoms. The van der Waals surface area contributed by atoms with E-state index in [1.54, 1.807) is 16.7 Å². The van der Waals surface area contributed by atoms with Gasteiger partial charge in [0, 0.05) is 23.8 Å². The molecule has 4 rings (SSSR count). The van der Waals surface area contributed by atoms with Gasteiger partial charge in [-0.25, -0.2) is 4.98 Å². The van der Waals surface area contributed by atoms with Crippen LogP contribution in [0.3, 0.4) is 0 Å². The number of hydrogen-bond donors (Lipinski definition) is 2. The van der Waals surface area contributed by atoms with Crippen molar-refractivity contribution < 1.29 is 9.59 Å². The van der Waals surface area contributed by atoms with Gasteiger partial charge in [0.05, 0.1) is 5.52 Å². The molecular formula is C20H19ClN4O2. The van der Waals surface area contributed by atoms with Gasteiger partial charge in [-0.05, 0) is 49.1 Å². The Hall–Kier alpha value is -2.86. The lowest BCUT2D eigenvalue weighted by molar-refractivity contribution is 0.0940. The molecule has 2 N–H and O–H groups in total. The Kier molecular flexibility index (Phi) is 4.81. The zero-order valence-electron chi connectivity index (χ0n) is 14.6. The third kappa shape index (κ3) is 3.95. The molecule has 2 amide bonds. The Labute approximate surface area is 161 Å². The van der Waals surface area contributed by atoms with Crippen molar-refractivity contribution in [1.82, 2.24) is 20.0 Å². The van der Waals surface area contributed by atoms with Gasteiger partial charge >= 0.3 is 0 Å². The van der Waals surface area contributed by atoms with Crippen LogP contribution < -0.4 is 10.6 Å². The van der Waals surface area contributed by atoms with Crippen molar-refractivity contribution in [3.63, 3.8) is 0 Å². The van der Waals surface area contributed by atoms with Crippen molar-refractivity contribution in [1.29, 1.82) is 0 Å². The summed E-state index contributed by atoms with van der Waals surface area (Å²) < 4.78 is 1.66. The Balaban J connectivity index is 1.49. The molecule has 1 aromatic carbocycles.